The normalized spacial score (nSPS) is 10.9. The number of hydrogen-bond acceptors (Lipinski definition) is 6. The lowest BCUT2D eigenvalue weighted by molar-refractivity contribution is 0.0999. The monoisotopic (exact) mass is 423 g/mol. The van der Waals surface area contributed by atoms with Gasteiger partial charge in [-0.25, -0.2) is 4.98 Å². The molecule has 7 nitrogen and oxygen atoms in total. The minimum Gasteiger partial charge on any atom is -0.497 e. The van der Waals surface area contributed by atoms with Crippen LogP contribution in [0, 0.1) is 6.92 Å². The number of hydrogen-bond donors (Lipinski definition) is 1. The van der Waals surface area contributed by atoms with Crippen LogP contribution in [0.3, 0.4) is 0 Å². The van der Waals surface area contributed by atoms with Crippen molar-refractivity contribution in [3.63, 3.8) is 0 Å². The number of ether oxygens (including phenoxy) is 2. The van der Waals surface area contributed by atoms with Crippen molar-refractivity contribution in [2.45, 2.75) is 20.1 Å². The van der Waals surface area contributed by atoms with Crippen LogP contribution in [0.5, 0.6) is 11.5 Å². The van der Waals surface area contributed by atoms with Gasteiger partial charge in [-0.2, -0.15) is 0 Å². The summed E-state index contributed by atoms with van der Waals surface area (Å²) in [4.78, 5) is 16.6. The minimum atomic E-state index is -0.467. The van der Waals surface area contributed by atoms with Crippen LogP contribution in [0.4, 0.5) is 0 Å². The van der Waals surface area contributed by atoms with E-state index in [1.54, 1.807) is 19.4 Å². The summed E-state index contributed by atoms with van der Waals surface area (Å²) in [5.41, 5.74) is 8.38. The first kappa shape index (κ1) is 19.8. The van der Waals surface area contributed by atoms with Gasteiger partial charge in [-0.05, 0) is 49.4 Å². The maximum Gasteiger partial charge on any atom is 0.250 e. The molecule has 154 valence electrons. The molecule has 0 radical (unpaired) electrons. The van der Waals surface area contributed by atoms with Gasteiger partial charge >= 0.3 is 0 Å². The molecule has 8 heteroatoms. The van der Waals surface area contributed by atoms with Crippen LogP contribution in [-0.2, 0) is 13.2 Å². The molecule has 0 bridgehead atoms. The molecular weight excluding hydrogens is 402 g/mol. The third-order valence-corrected chi connectivity index (χ3v) is 5.58. The largest absolute Gasteiger partial charge is 0.497 e. The Morgan fingerprint density at radius 2 is 2.00 bits per heavy atom. The first-order valence-corrected chi connectivity index (χ1v) is 10.2. The zero-order chi connectivity index (χ0) is 21.1. The summed E-state index contributed by atoms with van der Waals surface area (Å²) in [5.74, 6) is 1.83. The van der Waals surface area contributed by atoms with Crippen LogP contribution in [0.2, 0.25) is 0 Å². The SMILES string of the molecule is COc1ccc(OCc2nc(-c3cc(C(N)=O)c(C)n3Cc3ccco3)cs2)cc1. The second-order valence-electron chi connectivity index (χ2n) is 6.65. The molecule has 1 amide bonds. The van der Waals surface area contributed by atoms with Crippen molar-refractivity contribution in [2.75, 3.05) is 7.11 Å². The topological polar surface area (TPSA) is 92.5 Å². The fraction of sp³-hybridized carbons (Fsp3) is 0.182. The van der Waals surface area contributed by atoms with E-state index >= 15 is 0 Å². The molecule has 3 aromatic heterocycles. The van der Waals surface area contributed by atoms with Crippen LogP contribution in [0.25, 0.3) is 11.4 Å². The number of carbonyl (C=O) groups excluding carboxylic acids is 1. The zero-order valence-corrected chi connectivity index (χ0v) is 17.4. The van der Waals surface area contributed by atoms with Crippen LogP contribution in [0.1, 0.15) is 26.8 Å². The molecule has 0 saturated carbocycles. The number of amides is 1. The number of benzene rings is 1. The molecule has 0 aliphatic carbocycles. The first-order chi connectivity index (χ1) is 14.5. The summed E-state index contributed by atoms with van der Waals surface area (Å²) < 4.78 is 18.4. The van der Waals surface area contributed by atoms with E-state index in [0.29, 0.717) is 18.7 Å². The number of carbonyl (C=O) groups is 1. The third kappa shape index (κ3) is 4.08. The van der Waals surface area contributed by atoms with Crippen molar-refractivity contribution < 1.29 is 18.7 Å². The molecule has 0 atom stereocenters. The van der Waals surface area contributed by atoms with E-state index in [0.717, 1.165) is 39.3 Å². The Bertz CT molecular complexity index is 1140. The molecule has 0 aliphatic heterocycles. The summed E-state index contributed by atoms with van der Waals surface area (Å²) >= 11 is 1.50. The Morgan fingerprint density at radius 1 is 1.23 bits per heavy atom. The molecule has 4 rings (SSSR count). The maximum absolute atomic E-state index is 11.9. The number of methoxy groups -OCH3 is 1. The lowest BCUT2D eigenvalue weighted by atomic mass is 10.2. The summed E-state index contributed by atoms with van der Waals surface area (Å²) in [6.45, 7) is 2.70. The predicted molar refractivity (Wildman–Crippen MR) is 114 cm³/mol. The van der Waals surface area contributed by atoms with Gasteiger partial charge in [0, 0.05) is 11.1 Å². The van der Waals surface area contributed by atoms with Gasteiger partial charge in [0.1, 0.15) is 28.9 Å². The van der Waals surface area contributed by atoms with Gasteiger partial charge in [0.25, 0.3) is 5.91 Å². The average Bonchev–Trinajstić information content (AvgIpc) is 3.49. The molecule has 0 unspecified atom stereocenters. The summed E-state index contributed by atoms with van der Waals surface area (Å²) in [6, 6.07) is 12.9. The van der Waals surface area contributed by atoms with E-state index in [1.807, 2.05) is 53.3 Å². The number of primary amides is 1. The zero-order valence-electron chi connectivity index (χ0n) is 16.6. The molecule has 0 saturated heterocycles. The highest BCUT2D eigenvalue weighted by Gasteiger charge is 2.19. The summed E-state index contributed by atoms with van der Waals surface area (Å²) in [5, 5.41) is 2.77. The molecule has 1 aromatic carbocycles. The molecular formula is C22H21N3O4S. The quantitative estimate of drug-likeness (QED) is 0.457. The van der Waals surface area contributed by atoms with Gasteiger partial charge in [0.15, 0.2) is 0 Å². The smallest absolute Gasteiger partial charge is 0.250 e. The van der Waals surface area contributed by atoms with Gasteiger partial charge in [-0.1, -0.05) is 0 Å². The number of nitrogens with zero attached hydrogens (tertiary/aromatic N) is 2. The van der Waals surface area contributed by atoms with Gasteiger partial charge < -0.3 is 24.2 Å². The number of aromatic nitrogens is 2. The standard InChI is InChI=1S/C22H21N3O4S/c1-14-18(22(23)26)10-20(25(14)11-17-4-3-9-28-17)19-13-30-21(24-19)12-29-16-7-5-15(27-2)6-8-16/h3-10,13H,11-12H2,1-2H3,(H2,23,26). The highest BCUT2D eigenvalue weighted by Crippen LogP contribution is 2.29. The third-order valence-electron chi connectivity index (χ3n) is 4.76. The van der Waals surface area contributed by atoms with E-state index in [9.17, 15) is 4.79 Å². The Kier molecular flexibility index (Phi) is 5.58. The lowest BCUT2D eigenvalue weighted by Gasteiger charge is -2.09. The van der Waals surface area contributed by atoms with Crippen molar-refractivity contribution in [1.29, 1.82) is 0 Å². The van der Waals surface area contributed by atoms with E-state index < -0.39 is 5.91 Å². The van der Waals surface area contributed by atoms with Gasteiger partial charge in [0.05, 0.1) is 36.9 Å². The van der Waals surface area contributed by atoms with Gasteiger partial charge in [0.2, 0.25) is 0 Å². The second kappa shape index (κ2) is 8.46. The highest BCUT2D eigenvalue weighted by molar-refractivity contribution is 7.09. The Labute approximate surface area is 177 Å². The van der Waals surface area contributed by atoms with E-state index in [4.69, 9.17) is 24.6 Å². The van der Waals surface area contributed by atoms with Crippen molar-refractivity contribution in [3.8, 4) is 22.9 Å². The molecule has 0 spiro atoms. The molecule has 4 aromatic rings. The Morgan fingerprint density at radius 3 is 2.67 bits per heavy atom. The number of furan rings is 1. The van der Waals surface area contributed by atoms with Gasteiger partial charge in [-0.15, -0.1) is 11.3 Å². The fourth-order valence-electron chi connectivity index (χ4n) is 3.18. The second-order valence-corrected chi connectivity index (χ2v) is 7.59. The van der Waals surface area contributed by atoms with Crippen LogP contribution in [0.15, 0.2) is 58.5 Å². The molecule has 3 heterocycles. The van der Waals surface area contributed by atoms with E-state index in [-0.39, 0.29) is 0 Å². The molecule has 0 aliphatic rings. The van der Waals surface area contributed by atoms with E-state index in [1.165, 1.54) is 11.3 Å². The molecule has 2 N–H and O–H groups in total. The predicted octanol–water partition coefficient (Wildman–Crippen LogP) is 4.25. The highest BCUT2D eigenvalue weighted by atomic mass is 32.1. The minimum absolute atomic E-state index is 0.345. The summed E-state index contributed by atoms with van der Waals surface area (Å²) in [7, 11) is 1.63. The van der Waals surface area contributed by atoms with Crippen molar-refractivity contribution in [2.24, 2.45) is 5.73 Å². The lowest BCUT2D eigenvalue weighted by Crippen LogP contribution is -2.12. The average molecular weight is 423 g/mol. The Hall–Kier alpha value is -3.52. The molecule has 30 heavy (non-hydrogen) atoms. The van der Waals surface area contributed by atoms with E-state index in [2.05, 4.69) is 0 Å². The number of rotatable bonds is 8. The number of nitrogens with two attached hydrogens (primary N) is 1. The van der Waals surface area contributed by atoms with Crippen molar-refractivity contribution >= 4 is 17.2 Å². The van der Waals surface area contributed by atoms with Crippen LogP contribution in [-0.4, -0.2) is 22.6 Å². The fourth-order valence-corrected chi connectivity index (χ4v) is 3.88. The van der Waals surface area contributed by atoms with Gasteiger partial charge in [-0.3, -0.25) is 4.79 Å². The van der Waals surface area contributed by atoms with Crippen molar-refractivity contribution in [3.05, 3.63) is 76.1 Å². The van der Waals surface area contributed by atoms with Crippen molar-refractivity contribution in [1.82, 2.24) is 9.55 Å². The van der Waals surface area contributed by atoms with Crippen LogP contribution < -0.4 is 15.2 Å². The maximum atomic E-state index is 11.9. The first-order valence-electron chi connectivity index (χ1n) is 9.29. The van der Waals surface area contributed by atoms with Crippen LogP contribution >= 0.6 is 11.3 Å². The number of thiazole rings is 1. The Balaban J connectivity index is 1.57. The summed E-state index contributed by atoms with van der Waals surface area (Å²) in [6.07, 6.45) is 1.63. The molecule has 0 fully saturated rings.